The van der Waals surface area contributed by atoms with Crippen molar-refractivity contribution >= 4 is 27.3 Å². The number of carbonyl (C=O) groups is 1. The van der Waals surface area contributed by atoms with Gasteiger partial charge in [0.15, 0.2) is 0 Å². The molecule has 11 heteroatoms. The summed E-state index contributed by atoms with van der Waals surface area (Å²) in [4.78, 5) is 11.8. The molecule has 6 nitrogen and oxygen atoms in total. The number of carbonyl (C=O) groups excluding carboxylic acids is 1. The van der Waals surface area contributed by atoms with E-state index in [1.54, 1.807) is 0 Å². The van der Waals surface area contributed by atoms with E-state index in [1.807, 2.05) is 0 Å². The zero-order valence-electron chi connectivity index (χ0n) is 17.5. The van der Waals surface area contributed by atoms with Gasteiger partial charge in [-0.3, -0.25) is 4.79 Å². The molecule has 2 fully saturated rings. The topological polar surface area (TPSA) is 87.3 Å². The molecule has 0 spiro atoms. The highest BCUT2D eigenvalue weighted by molar-refractivity contribution is 7.91. The summed E-state index contributed by atoms with van der Waals surface area (Å²) in [6.07, 6.45) is -2.97. The van der Waals surface area contributed by atoms with Crippen molar-refractivity contribution in [3.05, 3.63) is 58.6 Å². The van der Waals surface area contributed by atoms with Gasteiger partial charge in [-0.05, 0) is 67.7 Å². The fourth-order valence-electron chi connectivity index (χ4n) is 4.32. The molecule has 0 aromatic heterocycles. The zero-order valence-corrected chi connectivity index (χ0v) is 19.0. The molecule has 33 heavy (non-hydrogen) atoms. The van der Waals surface area contributed by atoms with Crippen molar-refractivity contribution in [2.75, 3.05) is 13.1 Å². The average Bonchev–Trinajstić information content (AvgIpc) is 3.21. The van der Waals surface area contributed by atoms with Gasteiger partial charge in [0.05, 0.1) is 21.4 Å². The fourth-order valence-corrected chi connectivity index (χ4v) is 5.95. The maximum absolute atomic E-state index is 13.0. The fraction of sp³-hybridized carbons (Fsp3) is 0.409. The van der Waals surface area contributed by atoms with Crippen LogP contribution in [0.1, 0.15) is 24.0 Å². The van der Waals surface area contributed by atoms with Crippen molar-refractivity contribution in [3.63, 3.8) is 0 Å². The minimum absolute atomic E-state index is 0.111. The lowest BCUT2D eigenvalue weighted by Gasteiger charge is -2.25. The predicted molar refractivity (Wildman–Crippen MR) is 116 cm³/mol. The zero-order chi connectivity index (χ0) is 23.8. The van der Waals surface area contributed by atoms with Gasteiger partial charge in [-0.2, -0.15) is 13.2 Å². The molecule has 2 heterocycles. The smallest absolute Gasteiger partial charge is 0.351 e. The van der Waals surface area contributed by atoms with Crippen molar-refractivity contribution < 1.29 is 26.4 Å². The molecule has 0 aliphatic carbocycles. The van der Waals surface area contributed by atoms with Gasteiger partial charge in [0.25, 0.3) is 0 Å². The van der Waals surface area contributed by atoms with Gasteiger partial charge in [-0.15, -0.1) is 0 Å². The third-order valence-corrected chi connectivity index (χ3v) is 8.05. The second kappa shape index (κ2) is 9.25. The van der Waals surface area contributed by atoms with E-state index in [2.05, 4.69) is 16.0 Å². The van der Waals surface area contributed by atoms with Crippen LogP contribution in [0.25, 0.3) is 0 Å². The van der Waals surface area contributed by atoms with Crippen LogP contribution in [0.3, 0.4) is 0 Å². The summed E-state index contributed by atoms with van der Waals surface area (Å²) in [5.74, 6) is 0.322. The summed E-state index contributed by atoms with van der Waals surface area (Å²) in [7, 11) is -4.21. The van der Waals surface area contributed by atoms with Crippen molar-refractivity contribution in [1.82, 2.24) is 16.0 Å². The molecule has 2 aliphatic rings. The summed E-state index contributed by atoms with van der Waals surface area (Å²) in [6.45, 7) is 2.04. The van der Waals surface area contributed by atoms with Crippen molar-refractivity contribution in [2.45, 2.75) is 47.4 Å². The van der Waals surface area contributed by atoms with Crippen LogP contribution in [0, 0.1) is 5.92 Å². The van der Waals surface area contributed by atoms with E-state index in [9.17, 15) is 26.4 Å². The number of hydrogen-bond donors (Lipinski definition) is 3. The first-order valence-corrected chi connectivity index (χ1v) is 12.4. The molecule has 1 amide bonds. The number of amides is 1. The third kappa shape index (κ3) is 5.34. The number of sulfone groups is 1. The van der Waals surface area contributed by atoms with Gasteiger partial charge in [0, 0.05) is 17.6 Å². The number of rotatable bonds is 5. The van der Waals surface area contributed by atoms with Gasteiger partial charge in [0.2, 0.25) is 15.7 Å². The lowest BCUT2D eigenvalue weighted by Crippen LogP contribution is -2.45. The highest BCUT2D eigenvalue weighted by Gasteiger charge is 2.38. The van der Waals surface area contributed by atoms with Crippen LogP contribution in [-0.2, 0) is 27.4 Å². The number of piperidine rings is 1. The molecule has 0 saturated carbocycles. The van der Waals surface area contributed by atoms with Crippen molar-refractivity contribution in [2.24, 2.45) is 5.92 Å². The van der Waals surface area contributed by atoms with E-state index >= 15 is 0 Å². The summed E-state index contributed by atoms with van der Waals surface area (Å²) in [5, 5.41) is 9.24. The van der Waals surface area contributed by atoms with E-state index < -0.39 is 26.5 Å². The third-order valence-electron chi connectivity index (χ3n) is 6.09. The van der Waals surface area contributed by atoms with Crippen LogP contribution >= 0.6 is 11.6 Å². The summed E-state index contributed by atoms with van der Waals surface area (Å²) in [5.41, 5.74) is -0.467. The average molecular weight is 502 g/mol. The highest BCUT2D eigenvalue weighted by atomic mass is 35.5. The van der Waals surface area contributed by atoms with E-state index in [0.717, 1.165) is 32.0 Å². The molecule has 3 unspecified atom stereocenters. The minimum Gasteiger partial charge on any atom is -0.351 e. The summed E-state index contributed by atoms with van der Waals surface area (Å²) < 4.78 is 64.8. The molecule has 2 aromatic rings. The van der Waals surface area contributed by atoms with Gasteiger partial charge in [-0.1, -0.05) is 23.7 Å². The number of benzene rings is 2. The van der Waals surface area contributed by atoms with Crippen molar-refractivity contribution in [3.8, 4) is 0 Å². The Morgan fingerprint density at radius 3 is 2.52 bits per heavy atom. The van der Waals surface area contributed by atoms with E-state index in [-0.39, 0.29) is 28.4 Å². The number of nitrogens with one attached hydrogen (secondary N) is 3. The molecule has 3 atom stereocenters. The van der Waals surface area contributed by atoms with Gasteiger partial charge in [0.1, 0.15) is 0 Å². The van der Waals surface area contributed by atoms with Gasteiger partial charge < -0.3 is 16.0 Å². The molecule has 0 radical (unpaired) electrons. The normalized spacial score (nSPS) is 23.2. The molecule has 4 rings (SSSR count). The Bertz CT molecular complexity index is 1130. The van der Waals surface area contributed by atoms with Crippen LogP contribution in [0.15, 0.2) is 52.3 Å². The summed E-state index contributed by atoms with van der Waals surface area (Å²) >= 11 is 5.73. The SMILES string of the molecule is O=C(NCc1ccc(S(=O)(=O)c2cc(Cl)cc(C(F)(F)F)c2)cc1)C1CC2CNCCC2N1. The number of hydrogen-bond acceptors (Lipinski definition) is 5. The molecule has 178 valence electrons. The molecular weight excluding hydrogens is 479 g/mol. The van der Waals surface area contributed by atoms with Crippen molar-refractivity contribution in [1.29, 1.82) is 0 Å². The molecule has 2 saturated heterocycles. The standard InChI is InChI=1S/C22H23ClF3N3O3S/c23-16-8-15(22(24,25)26)9-18(10-16)33(31,32)17-3-1-13(2-4-17)11-28-21(30)20-7-14-12-27-6-5-19(14)29-20/h1-4,8-10,14,19-20,27,29H,5-7,11-12H2,(H,28,30). The minimum atomic E-state index is -4.72. The Hall–Kier alpha value is -2.14. The van der Waals surface area contributed by atoms with Gasteiger partial charge in [-0.25, -0.2) is 8.42 Å². The van der Waals surface area contributed by atoms with Gasteiger partial charge >= 0.3 is 6.18 Å². The number of halogens is 4. The van der Waals surface area contributed by atoms with Crippen LogP contribution in [0.2, 0.25) is 5.02 Å². The predicted octanol–water partition coefficient (Wildman–Crippen LogP) is 3.15. The van der Waals surface area contributed by atoms with Crippen LogP contribution in [0.4, 0.5) is 13.2 Å². The lowest BCUT2D eigenvalue weighted by atomic mass is 9.94. The Morgan fingerprint density at radius 1 is 1.12 bits per heavy atom. The Morgan fingerprint density at radius 2 is 1.85 bits per heavy atom. The van der Waals surface area contributed by atoms with Crippen LogP contribution < -0.4 is 16.0 Å². The van der Waals surface area contributed by atoms with E-state index in [0.29, 0.717) is 29.7 Å². The first-order valence-electron chi connectivity index (χ1n) is 10.5. The molecule has 3 N–H and O–H groups in total. The summed E-state index contributed by atoms with van der Waals surface area (Å²) in [6, 6.07) is 7.97. The first-order chi connectivity index (χ1) is 15.5. The number of alkyl halides is 3. The van der Waals surface area contributed by atoms with Crippen LogP contribution in [-0.4, -0.2) is 39.5 Å². The molecular formula is C22H23ClF3N3O3S. The van der Waals surface area contributed by atoms with Crippen LogP contribution in [0.5, 0.6) is 0 Å². The quantitative estimate of drug-likeness (QED) is 0.586. The molecule has 0 bridgehead atoms. The highest BCUT2D eigenvalue weighted by Crippen LogP contribution is 2.34. The monoisotopic (exact) mass is 501 g/mol. The van der Waals surface area contributed by atoms with E-state index in [4.69, 9.17) is 11.6 Å². The Kier molecular flexibility index (Phi) is 6.73. The first kappa shape index (κ1) is 24.0. The maximum atomic E-state index is 13.0. The van der Waals surface area contributed by atoms with E-state index in [1.165, 1.54) is 24.3 Å². The molecule has 2 aliphatic heterocycles. The molecule has 2 aromatic carbocycles. The number of fused-ring (bicyclic) bond motifs is 1. The second-order valence-electron chi connectivity index (χ2n) is 8.35. The lowest BCUT2D eigenvalue weighted by molar-refractivity contribution is -0.137. The Balaban J connectivity index is 1.42. The second-order valence-corrected chi connectivity index (χ2v) is 10.7. The maximum Gasteiger partial charge on any atom is 0.416 e. The Labute approximate surface area is 194 Å². The largest absolute Gasteiger partial charge is 0.416 e.